The molecule has 1 aromatic heterocycles. The minimum absolute atomic E-state index is 0.104. The average molecular weight is 220 g/mol. The summed E-state index contributed by atoms with van der Waals surface area (Å²) in [6, 6.07) is 2.19. The summed E-state index contributed by atoms with van der Waals surface area (Å²) in [7, 11) is 1.90. The molecule has 1 aliphatic rings. The second kappa shape index (κ2) is 4.38. The molecule has 5 nitrogen and oxygen atoms in total. The predicted octanol–water partition coefficient (Wildman–Crippen LogP) is 0.301. The molecular weight excluding hydrogens is 204 g/mol. The van der Waals surface area contributed by atoms with Crippen molar-refractivity contribution in [1.29, 1.82) is 0 Å². The molecule has 2 rings (SSSR count). The van der Waals surface area contributed by atoms with Crippen LogP contribution < -0.4 is 10.2 Å². The molecule has 1 fully saturated rings. The zero-order valence-electron chi connectivity index (χ0n) is 9.39. The SMILES string of the molecule is C=CC(=O)NC1CCN(c2ccn(C)n2)C1. The van der Waals surface area contributed by atoms with Crippen LogP contribution >= 0.6 is 0 Å². The first-order valence-corrected chi connectivity index (χ1v) is 5.36. The van der Waals surface area contributed by atoms with Crippen molar-refractivity contribution in [1.82, 2.24) is 15.1 Å². The van der Waals surface area contributed by atoms with E-state index in [1.807, 2.05) is 19.3 Å². The number of hydrogen-bond acceptors (Lipinski definition) is 3. The van der Waals surface area contributed by atoms with Gasteiger partial charge in [0.1, 0.15) is 0 Å². The van der Waals surface area contributed by atoms with E-state index in [0.717, 1.165) is 25.3 Å². The van der Waals surface area contributed by atoms with Gasteiger partial charge >= 0.3 is 0 Å². The average Bonchev–Trinajstić information content (AvgIpc) is 2.87. The topological polar surface area (TPSA) is 50.2 Å². The Balaban J connectivity index is 1.93. The highest BCUT2D eigenvalue weighted by Crippen LogP contribution is 2.17. The van der Waals surface area contributed by atoms with Crippen LogP contribution in [-0.2, 0) is 11.8 Å². The largest absolute Gasteiger partial charge is 0.353 e. The van der Waals surface area contributed by atoms with E-state index in [1.165, 1.54) is 6.08 Å². The van der Waals surface area contributed by atoms with Crippen LogP contribution in [0.1, 0.15) is 6.42 Å². The summed E-state index contributed by atoms with van der Waals surface area (Å²) in [5.74, 6) is 0.866. The maximum atomic E-state index is 11.1. The lowest BCUT2D eigenvalue weighted by molar-refractivity contribution is -0.117. The Labute approximate surface area is 94.7 Å². The van der Waals surface area contributed by atoms with E-state index in [9.17, 15) is 4.79 Å². The lowest BCUT2D eigenvalue weighted by atomic mass is 10.2. The van der Waals surface area contributed by atoms with Crippen molar-refractivity contribution in [3.63, 3.8) is 0 Å². The molecule has 1 N–H and O–H groups in total. The van der Waals surface area contributed by atoms with Crippen LogP contribution in [-0.4, -0.2) is 34.8 Å². The number of nitrogens with zero attached hydrogens (tertiary/aromatic N) is 3. The first kappa shape index (κ1) is 10.7. The Bertz CT molecular complexity index is 398. The van der Waals surface area contributed by atoms with Gasteiger partial charge in [0.15, 0.2) is 5.82 Å². The highest BCUT2D eigenvalue weighted by Gasteiger charge is 2.24. The molecule has 0 bridgehead atoms. The van der Waals surface area contributed by atoms with Gasteiger partial charge < -0.3 is 10.2 Å². The van der Waals surface area contributed by atoms with Crippen molar-refractivity contribution in [2.45, 2.75) is 12.5 Å². The summed E-state index contributed by atoms with van der Waals surface area (Å²) in [5.41, 5.74) is 0. The Morgan fingerprint density at radius 1 is 1.75 bits per heavy atom. The van der Waals surface area contributed by atoms with E-state index < -0.39 is 0 Å². The third kappa shape index (κ3) is 2.24. The predicted molar refractivity (Wildman–Crippen MR) is 62.2 cm³/mol. The molecule has 1 aromatic rings. The van der Waals surface area contributed by atoms with Crippen LogP contribution in [0, 0.1) is 0 Å². The van der Waals surface area contributed by atoms with Crippen molar-refractivity contribution >= 4 is 11.7 Å². The quantitative estimate of drug-likeness (QED) is 0.745. The molecule has 86 valence electrons. The van der Waals surface area contributed by atoms with Crippen LogP contribution in [0.5, 0.6) is 0 Å². The van der Waals surface area contributed by atoms with Gasteiger partial charge in [-0.15, -0.1) is 0 Å². The normalized spacial score (nSPS) is 19.8. The molecule has 1 unspecified atom stereocenters. The summed E-state index contributed by atoms with van der Waals surface area (Å²) < 4.78 is 1.78. The van der Waals surface area contributed by atoms with Gasteiger partial charge in [-0.3, -0.25) is 9.48 Å². The fourth-order valence-corrected chi connectivity index (χ4v) is 1.92. The second-order valence-electron chi connectivity index (χ2n) is 3.99. The zero-order chi connectivity index (χ0) is 11.5. The first-order chi connectivity index (χ1) is 7.69. The van der Waals surface area contributed by atoms with Crippen LogP contribution in [0.4, 0.5) is 5.82 Å². The smallest absolute Gasteiger partial charge is 0.243 e. The van der Waals surface area contributed by atoms with E-state index in [0.29, 0.717) is 0 Å². The maximum absolute atomic E-state index is 11.1. The van der Waals surface area contributed by atoms with Gasteiger partial charge in [-0.25, -0.2) is 0 Å². The Morgan fingerprint density at radius 2 is 2.56 bits per heavy atom. The monoisotopic (exact) mass is 220 g/mol. The molecule has 1 aliphatic heterocycles. The molecule has 1 amide bonds. The van der Waals surface area contributed by atoms with Gasteiger partial charge in [0.25, 0.3) is 0 Å². The van der Waals surface area contributed by atoms with Gasteiger partial charge in [0.05, 0.1) is 0 Å². The molecule has 0 aliphatic carbocycles. The molecule has 0 saturated carbocycles. The van der Waals surface area contributed by atoms with E-state index in [2.05, 4.69) is 21.9 Å². The molecule has 16 heavy (non-hydrogen) atoms. The fraction of sp³-hybridized carbons (Fsp3) is 0.455. The van der Waals surface area contributed by atoms with Crippen LogP contribution in [0.2, 0.25) is 0 Å². The van der Waals surface area contributed by atoms with Crippen LogP contribution in [0.3, 0.4) is 0 Å². The van der Waals surface area contributed by atoms with Crippen LogP contribution in [0.15, 0.2) is 24.9 Å². The van der Waals surface area contributed by atoms with E-state index in [-0.39, 0.29) is 11.9 Å². The third-order valence-corrected chi connectivity index (χ3v) is 2.74. The fourth-order valence-electron chi connectivity index (χ4n) is 1.92. The number of aromatic nitrogens is 2. The summed E-state index contributed by atoms with van der Waals surface area (Å²) >= 11 is 0. The molecule has 0 spiro atoms. The van der Waals surface area contributed by atoms with Crippen LogP contribution in [0.25, 0.3) is 0 Å². The third-order valence-electron chi connectivity index (χ3n) is 2.74. The number of hydrogen-bond donors (Lipinski definition) is 1. The number of anilines is 1. The molecule has 0 aromatic carbocycles. The molecular formula is C11H16N4O. The molecule has 1 atom stereocenters. The van der Waals surface area contributed by atoms with E-state index >= 15 is 0 Å². The number of carbonyl (C=O) groups excluding carboxylic acids is 1. The Hall–Kier alpha value is -1.78. The van der Waals surface area contributed by atoms with Crippen molar-refractivity contribution in [3.8, 4) is 0 Å². The summed E-state index contributed by atoms with van der Waals surface area (Å²) in [4.78, 5) is 13.3. The van der Waals surface area contributed by atoms with Gasteiger partial charge in [0, 0.05) is 38.4 Å². The highest BCUT2D eigenvalue weighted by atomic mass is 16.1. The maximum Gasteiger partial charge on any atom is 0.243 e. The molecule has 1 saturated heterocycles. The number of aryl methyl sites for hydroxylation is 1. The molecule has 5 heteroatoms. The lowest BCUT2D eigenvalue weighted by Gasteiger charge is -2.15. The van der Waals surface area contributed by atoms with Crippen molar-refractivity contribution in [2.75, 3.05) is 18.0 Å². The lowest BCUT2D eigenvalue weighted by Crippen LogP contribution is -2.36. The standard InChI is InChI=1S/C11H16N4O/c1-3-11(16)12-9-4-7-15(8-9)10-5-6-14(2)13-10/h3,5-6,9H,1,4,7-8H2,2H3,(H,12,16). The Morgan fingerprint density at radius 3 is 3.19 bits per heavy atom. The summed E-state index contributed by atoms with van der Waals surface area (Å²) in [6.45, 7) is 5.19. The van der Waals surface area contributed by atoms with Crippen molar-refractivity contribution in [2.24, 2.45) is 7.05 Å². The van der Waals surface area contributed by atoms with Gasteiger partial charge in [-0.05, 0) is 12.5 Å². The minimum Gasteiger partial charge on any atom is -0.353 e. The summed E-state index contributed by atoms with van der Waals surface area (Å²) in [5, 5.41) is 7.24. The first-order valence-electron chi connectivity index (χ1n) is 5.36. The molecule has 2 heterocycles. The van der Waals surface area contributed by atoms with Crippen molar-refractivity contribution < 1.29 is 4.79 Å². The number of carbonyl (C=O) groups is 1. The number of nitrogens with one attached hydrogen (secondary N) is 1. The minimum atomic E-state index is -0.104. The van der Waals surface area contributed by atoms with Gasteiger partial charge in [-0.1, -0.05) is 6.58 Å². The van der Waals surface area contributed by atoms with E-state index in [1.54, 1.807) is 4.68 Å². The summed E-state index contributed by atoms with van der Waals surface area (Å²) in [6.07, 6.45) is 4.19. The zero-order valence-corrected chi connectivity index (χ0v) is 9.39. The van der Waals surface area contributed by atoms with Gasteiger partial charge in [0.2, 0.25) is 5.91 Å². The van der Waals surface area contributed by atoms with Gasteiger partial charge in [-0.2, -0.15) is 5.10 Å². The second-order valence-corrected chi connectivity index (χ2v) is 3.99. The Kier molecular flexibility index (Phi) is 2.94. The highest BCUT2D eigenvalue weighted by molar-refractivity contribution is 5.87. The van der Waals surface area contributed by atoms with E-state index in [4.69, 9.17) is 0 Å². The number of amides is 1. The molecule has 0 radical (unpaired) electrons. The van der Waals surface area contributed by atoms with Crippen molar-refractivity contribution in [3.05, 3.63) is 24.9 Å². The number of rotatable bonds is 3.